The summed E-state index contributed by atoms with van der Waals surface area (Å²) in [5, 5.41) is 2.86. The molecule has 2 fully saturated rings. The molecular formula is C7H9Cl2NO. The Morgan fingerprint density at radius 2 is 2.00 bits per heavy atom. The molecule has 11 heavy (non-hydrogen) atoms. The third-order valence-corrected chi connectivity index (χ3v) is 2.90. The minimum absolute atomic E-state index is 0.0255. The molecule has 0 heterocycles. The summed E-state index contributed by atoms with van der Waals surface area (Å²) < 4.78 is -0.765. The van der Waals surface area contributed by atoms with Crippen LogP contribution in [-0.2, 0) is 4.79 Å². The molecule has 1 unspecified atom stereocenters. The lowest BCUT2D eigenvalue weighted by molar-refractivity contribution is -0.122. The minimum Gasteiger partial charge on any atom is -0.353 e. The summed E-state index contributed by atoms with van der Waals surface area (Å²) in [5.74, 6) is -0.135. The van der Waals surface area contributed by atoms with E-state index in [-0.39, 0.29) is 11.8 Å². The average Bonchev–Trinajstić information content (AvgIpc) is 2.71. The van der Waals surface area contributed by atoms with Crippen LogP contribution in [0.5, 0.6) is 0 Å². The summed E-state index contributed by atoms with van der Waals surface area (Å²) in [6.45, 7) is 0. The standard InChI is InChI=1S/C7H9Cl2NO/c8-7(9)3-5(7)6(11)10-4-1-2-4/h4-5H,1-3H2,(H,10,11). The van der Waals surface area contributed by atoms with E-state index in [1.165, 1.54) is 0 Å². The van der Waals surface area contributed by atoms with Crippen molar-refractivity contribution in [1.29, 1.82) is 0 Å². The van der Waals surface area contributed by atoms with Crippen molar-refractivity contribution in [2.75, 3.05) is 0 Å². The monoisotopic (exact) mass is 193 g/mol. The first-order chi connectivity index (χ1) is 5.09. The van der Waals surface area contributed by atoms with Gasteiger partial charge in [0.05, 0.1) is 5.92 Å². The number of amides is 1. The number of nitrogens with one attached hydrogen (secondary N) is 1. The van der Waals surface area contributed by atoms with Gasteiger partial charge in [0.15, 0.2) is 0 Å². The molecule has 0 aromatic carbocycles. The van der Waals surface area contributed by atoms with Crippen molar-refractivity contribution in [2.45, 2.75) is 29.6 Å². The van der Waals surface area contributed by atoms with Gasteiger partial charge in [0.2, 0.25) is 5.91 Å². The first-order valence-electron chi connectivity index (χ1n) is 3.78. The second kappa shape index (κ2) is 2.27. The first-order valence-corrected chi connectivity index (χ1v) is 4.53. The van der Waals surface area contributed by atoms with E-state index in [2.05, 4.69) is 5.32 Å². The fourth-order valence-corrected chi connectivity index (χ4v) is 1.53. The van der Waals surface area contributed by atoms with E-state index in [9.17, 15) is 4.79 Å². The zero-order valence-corrected chi connectivity index (χ0v) is 7.45. The van der Waals surface area contributed by atoms with Crippen LogP contribution < -0.4 is 5.32 Å². The normalized spacial score (nSPS) is 33.1. The SMILES string of the molecule is O=C(NC1CC1)C1CC1(Cl)Cl. The van der Waals surface area contributed by atoms with Crippen molar-refractivity contribution in [3.8, 4) is 0 Å². The number of carbonyl (C=O) groups excluding carboxylic acids is 1. The first kappa shape index (κ1) is 7.69. The Kier molecular flexibility index (Phi) is 1.58. The number of hydrogen-bond donors (Lipinski definition) is 1. The highest BCUT2D eigenvalue weighted by Gasteiger charge is 2.56. The lowest BCUT2D eigenvalue weighted by Gasteiger charge is -2.01. The van der Waals surface area contributed by atoms with Crippen LogP contribution in [0.15, 0.2) is 0 Å². The fraction of sp³-hybridized carbons (Fsp3) is 0.857. The van der Waals surface area contributed by atoms with E-state index in [0.29, 0.717) is 12.5 Å². The van der Waals surface area contributed by atoms with Crippen molar-refractivity contribution in [3.63, 3.8) is 0 Å². The van der Waals surface area contributed by atoms with Crippen molar-refractivity contribution < 1.29 is 4.79 Å². The Bertz CT molecular complexity index is 201. The van der Waals surface area contributed by atoms with E-state index < -0.39 is 4.33 Å². The van der Waals surface area contributed by atoms with Crippen molar-refractivity contribution in [3.05, 3.63) is 0 Å². The Morgan fingerprint density at radius 1 is 1.45 bits per heavy atom. The molecule has 0 saturated heterocycles. The number of hydrogen-bond acceptors (Lipinski definition) is 1. The van der Waals surface area contributed by atoms with E-state index >= 15 is 0 Å². The highest BCUT2D eigenvalue weighted by atomic mass is 35.5. The van der Waals surface area contributed by atoms with Gasteiger partial charge in [0.25, 0.3) is 0 Å². The second-order valence-electron chi connectivity index (χ2n) is 3.30. The number of halogens is 2. The molecule has 0 aromatic heterocycles. The van der Waals surface area contributed by atoms with Gasteiger partial charge in [-0.3, -0.25) is 4.79 Å². The predicted molar refractivity (Wildman–Crippen MR) is 43.7 cm³/mol. The third kappa shape index (κ3) is 1.62. The highest BCUT2D eigenvalue weighted by molar-refractivity contribution is 6.52. The van der Waals surface area contributed by atoms with Crippen molar-refractivity contribution in [2.24, 2.45) is 5.92 Å². The molecule has 0 spiro atoms. The van der Waals surface area contributed by atoms with Crippen LogP contribution >= 0.6 is 23.2 Å². The van der Waals surface area contributed by atoms with E-state index in [1.807, 2.05) is 0 Å². The maximum atomic E-state index is 11.2. The summed E-state index contributed by atoms with van der Waals surface area (Å²) in [4.78, 5) is 11.2. The lowest BCUT2D eigenvalue weighted by atomic mass is 10.4. The number of alkyl halides is 2. The van der Waals surface area contributed by atoms with Gasteiger partial charge in [-0.2, -0.15) is 0 Å². The van der Waals surface area contributed by atoms with Gasteiger partial charge in [-0.15, -0.1) is 23.2 Å². The lowest BCUT2D eigenvalue weighted by Crippen LogP contribution is -2.28. The van der Waals surface area contributed by atoms with Crippen LogP contribution in [0.25, 0.3) is 0 Å². The molecule has 0 aromatic rings. The van der Waals surface area contributed by atoms with Gasteiger partial charge in [-0.1, -0.05) is 0 Å². The van der Waals surface area contributed by atoms with E-state index in [1.54, 1.807) is 0 Å². The molecule has 2 rings (SSSR count). The van der Waals surface area contributed by atoms with Crippen LogP contribution in [0.4, 0.5) is 0 Å². The van der Waals surface area contributed by atoms with Crippen LogP contribution in [-0.4, -0.2) is 16.3 Å². The molecule has 2 nitrogen and oxygen atoms in total. The number of carbonyl (C=O) groups is 1. The molecule has 2 aliphatic rings. The molecule has 1 N–H and O–H groups in total. The molecule has 0 bridgehead atoms. The largest absolute Gasteiger partial charge is 0.353 e. The molecular weight excluding hydrogens is 185 g/mol. The minimum atomic E-state index is -0.765. The van der Waals surface area contributed by atoms with Crippen LogP contribution in [0.1, 0.15) is 19.3 Å². The molecule has 2 saturated carbocycles. The van der Waals surface area contributed by atoms with Crippen molar-refractivity contribution in [1.82, 2.24) is 5.32 Å². The van der Waals surface area contributed by atoms with Crippen LogP contribution in [0.3, 0.4) is 0 Å². The fourth-order valence-electron chi connectivity index (χ4n) is 1.03. The topological polar surface area (TPSA) is 29.1 Å². The van der Waals surface area contributed by atoms with E-state index in [4.69, 9.17) is 23.2 Å². The molecule has 1 atom stereocenters. The summed E-state index contributed by atoms with van der Waals surface area (Å²) in [7, 11) is 0. The summed E-state index contributed by atoms with van der Waals surface area (Å²) in [6, 6.07) is 0.409. The molecule has 0 aliphatic heterocycles. The maximum absolute atomic E-state index is 11.2. The molecule has 62 valence electrons. The van der Waals surface area contributed by atoms with Gasteiger partial charge in [-0.25, -0.2) is 0 Å². The average molecular weight is 194 g/mol. The molecule has 0 radical (unpaired) electrons. The zero-order valence-electron chi connectivity index (χ0n) is 5.94. The van der Waals surface area contributed by atoms with Crippen LogP contribution in [0.2, 0.25) is 0 Å². The summed E-state index contributed by atoms with van der Waals surface area (Å²) in [6.07, 6.45) is 2.82. The third-order valence-electron chi connectivity index (χ3n) is 2.07. The van der Waals surface area contributed by atoms with Crippen molar-refractivity contribution >= 4 is 29.1 Å². The van der Waals surface area contributed by atoms with E-state index in [0.717, 1.165) is 12.8 Å². The smallest absolute Gasteiger partial charge is 0.226 e. The number of rotatable bonds is 2. The van der Waals surface area contributed by atoms with Crippen LogP contribution in [0, 0.1) is 5.92 Å². The Hall–Kier alpha value is 0.0500. The van der Waals surface area contributed by atoms with Gasteiger partial charge in [0.1, 0.15) is 4.33 Å². The second-order valence-corrected chi connectivity index (χ2v) is 4.84. The molecule has 2 aliphatic carbocycles. The Morgan fingerprint density at radius 3 is 2.36 bits per heavy atom. The Balaban J connectivity index is 1.82. The Labute approximate surface area is 75.2 Å². The molecule has 1 amide bonds. The zero-order chi connectivity index (χ0) is 8.06. The maximum Gasteiger partial charge on any atom is 0.226 e. The summed E-state index contributed by atoms with van der Waals surface area (Å²) >= 11 is 11.4. The highest BCUT2D eigenvalue weighted by Crippen LogP contribution is 2.53. The quantitative estimate of drug-likeness (QED) is 0.662. The van der Waals surface area contributed by atoms with Gasteiger partial charge in [0, 0.05) is 6.04 Å². The molecule has 4 heteroatoms. The van der Waals surface area contributed by atoms with Gasteiger partial charge < -0.3 is 5.32 Å². The van der Waals surface area contributed by atoms with Gasteiger partial charge in [-0.05, 0) is 19.3 Å². The van der Waals surface area contributed by atoms with Gasteiger partial charge >= 0.3 is 0 Å². The summed E-state index contributed by atoms with van der Waals surface area (Å²) in [5.41, 5.74) is 0. The predicted octanol–water partition coefficient (Wildman–Crippen LogP) is 1.46.